The number of rotatable bonds is 1. The second kappa shape index (κ2) is 6.75. The molecule has 0 bridgehead atoms. The molecule has 0 aliphatic carbocycles. The van der Waals surface area contributed by atoms with Crippen molar-refractivity contribution in [2.45, 2.75) is 19.8 Å². The zero-order valence-electron chi connectivity index (χ0n) is 7.36. The number of thiocyanates is 1. The molecule has 1 rings (SSSR count). The lowest BCUT2D eigenvalue weighted by Gasteiger charge is -2.01. The molecule has 12 heavy (non-hydrogen) atoms. The van der Waals surface area contributed by atoms with Crippen LogP contribution >= 0.6 is 12.6 Å². The zero-order chi connectivity index (χ0) is 9.40. The Morgan fingerprint density at radius 3 is 1.92 bits per heavy atom. The molecule has 2 heteroatoms. The molecule has 0 atom stereocenters. The number of hydrogen-bond acceptors (Lipinski definition) is 2. The molecule has 0 heterocycles. The van der Waals surface area contributed by atoms with Gasteiger partial charge in [-0.1, -0.05) is 56.8 Å². The highest BCUT2D eigenvalue weighted by molar-refractivity contribution is 7.85. The zero-order valence-corrected chi connectivity index (χ0v) is 8.25. The van der Waals surface area contributed by atoms with E-state index in [4.69, 9.17) is 5.26 Å². The summed E-state index contributed by atoms with van der Waals surface area (Å²) < 4.78 is 0. The van der Waals surface area contributed by atoms with Gasteiger partial charge in [0, 0.05) is 0 Å². The molecule has 0 N–H and O–H groups in total. The van der Waals surface area contributed by atoms with Crippen LogP contribution < -0.4 is 0 Å². The van der Waals surface area contributed by atoms with Crippen LogP contribution in [0.2, 0.25) is 0 Å². The molecule has 0 radical (unpaired) electrons. The van der Waals surface area contributed by atoms with Crippen LogP contribution in [0.4, 0.5) is 0 Å². The summed E-state index contributed by atoms with van der Waals surface area (Å²) in [5, 5.41) is 8.63. The van der Waals surface area contributed by atoms with Crippen molar-refractivity contribution < 1.29 is 0 Å². The average Bonchev–Trinajstić information content (AvgIpc) is 2.07. The molecular weight excluding hydrogens is 166 g/mol. The van der Waals surface area contributed by atoms with E-state index >= 15 is 0 Å². The molecule has 1 aromatic carbocycles. The molecule has 0 amide bonds. The van der Waals surface area contributed by atoms with Crippen LogP contribution in [0.1, 0.15) is 25.3 Å². The van der Waals surface area contributed by atoms with Crippen LogP contribution in [0.25, 0.3) is 0 Å². The predicted molar refractivity (Wildman–Crippen MR) is 55.1 cm³/mol. The topological polar surface area (TPSA) is 23.8 Å². The van der Waals surface area contributed by atoms with Crippen molar-refractivity contribution in [2.24, 2.45) is 0 Å². The highest BCUT2D eigenvalue weighted by atomic mass is 32.1. The first-order chi connectivity index (χ1) is 5.72. The maximum Gasteiger partial charge on any atom is 0.130 e. The Hall–Kier alpha value is -0.940. The van der Waals surface area contributed by atoms with E-state index in [-0.39, 0.29) is 0 Å². The van der Waals surface area contributed by atoms with E-state index in [0.717, 1.165) is 0 Å². The summed E-state index contributed by atoms with van der Waals surface area (Å²) in [6, 6.07) is 10.5. The van der Waals surface area contributed by atoms with E-state index in [2.05, 4.69) is 50.7 Å². The molecule has 0 fully saturated rings. The summed E-state index contributed by atoms with van der Waals surface area (Å²) in [5.74, 6) is 0.659. The summed E-state index contributed by atoms with van der Waals surface area (Å²) in [6.45, 7) is 4.41. The summed E-state index contributed by atoms with van der Waals surface area (Å²) in [4.78, 5) is 0. The maximum absolute atomic E-state index is 7.18. The minimum absolute atomic E-state index is 0.659. The summed E-state index contributed by atoms with van der Waals surface area (Å²) in [7, 11) is 0. The molecule has 0 saturated carbocycles. The van der Waals surface area contributed by atoms with Crippen LogP contribution in [0, 0.1) is 10.7 Å². The lowest BCUT2D eigenvalue weighted by Crippen LogP contribution is -1.83. The standard InChI is InChI=1S/C9H12.CHNS/c1-8(2)9-6-4-3-5-7-9;2-1-3/h3-8H,1-2H3;3H. The Labute approximate surface area is 79.4 Å². The Kier molecular flexibility index (Phi) is 6.22. The summed E-state index contributed by atoms with van der Waals surface area (Å²) >= 11 is 3.09. The largest absolute Gasteiger partial charge is 0.185 e. The minimum atomic E-state index is 0.659. The first kappa shape index (κ1) is 11.1. The highest BCUT2D eigenvalue weighted by Gasteiger charge is 1.93. The van der Waals surface area contributed by atoms with Crippen LogP contribution in [0.3, 0.4) is 0 Å². The van der Waals surface area contributed by atoms with E-state index < -0.39 is 0 Å². The van der Waals surface area contributed by atoms with Crippen molar-refractivity contribution >= 4 is 12.6 Å². The van der Waals surface area contributed by atoms with Gasteiger partial charge < -0.3 is 0 Å². The van der Waals surface area contributed by atoms with Crippen molar-refractivity contribution in [3.63, 3.8) is 0 Å². The average molecular weight is 179 g/mol. The van der Waals surface area contributed by atoms with Crippen molar-refractivity contribution in [1.82, 2.24) is 0 Å². The van der Waals surface area contributed by atoms with Crippen molar-refractivity contribution in [2.75, 3.05) is 0 Å². The monoisotopic (exact) mass is 179 g/mol. The first-order valence-corrected chi connectivity index (χ1v) is 4.25. The van der Waals surface area contributed by atoms with Crippen LogP contribution in [-0.4, -0.2) is 0 Å². The molecule has 0 aliphatic heterocycles. The van der Waals surface area contributed by atoms with Gasteiger partial charge in [-0.3, -0.25) is 0 Å². The van der Waals surface area contributed by atoms with Crippen LogP contribution in [0.5, 0.6) is 0 Å². The van der Waals surface area contributed by atoms with Crippen molar-refractivity contribution in [3.05, 3.63) is 35.9 Å². The molecule has 0 unspecified atom stereocenters. The van der Waals surface area contributed by atoms with Crippen LogP contribution in [0.15, 0.2) is 30.3 Å². The smallest absolute Gasteiger partial charge is 0.130 e. The Balaban J connectivity index is 0.000000354. The lowest BCUT2D eigenvalue weighted by molar-refractivity contribution is 0.867. The fourth-order valence-electron chi connectivity index (χ4n) is 0.838. The van der Waals surface area contributed by atoms with E-state index in [0.29, 0.717) is 5.92 Å². The van der Waals surface area contributed by atoms with E-state index in [1.807, 2.05) is 6.07 Å². The Morgan fingerprint density at radius 2 is 1.67 bits per heavy atom. The van der Waals surface area contributed by atoms with Gasteiger partial charge in [0.1, 0.15) is 5.40 Å². The van der Waals surface area contributed by atoms with Crippen molar-refractivity contribution in [1.29, 1.82) is 5.26 Å². The molecule has 0 saturated heterocycles. The number of benzene rings is 1. The predicted octanol–water partition coefficient (Wildman–Crippen LogP) is 3.21. The molecule has 0 aliphatic rings. The molecule has 0 aromatic heterocycles. The van der Waals surface area contributed by atoms with E-state index in [1.54, 1.807) is 0 Å². The highest BCUT2D eigenvalue weighted by Crippen LogP contribution is 2.11. The lowest BCUT2D eigenvalue weighted by atomic mass is 10.0. The normalized spacial score (nSPS) is 8.25. The number of thiol groups is 1. The second-order valence-electron chi connectivity index (χ2n) is 2.67. The SMILES string of the molecule is CC(C)c1ccccc1.N#CS. The molecule has 1 aromatic rings. The van der Waals surface area contributed by atoms with Gasteiger partial charge in [0.25, 0.3) is 0 Å². The molecular formula is C10H13NS. The summed E-state index contributed by atoms with van der Waals surface area (Å²) in [6.07, 6.45) is 0. The van der Waals surface area contributed by atoms with Gasteiger partial charge in [0.15, 0.2) is 0 Å². The molecule has 1 nitrogen and oxygen atoms in total. The third-order valence-electron chi connectivity index (χ3n) is 1.47. The third kappa shape index (κ3) is 4.81. The van der Waals surface area contributed by atoms with E-state index in [1.165, 1.54) is 11.0 Å². The van der Waals surface area contributed by atoms with Gasteiger partial charge in [0.05, 0.1) is 0 Å². The van der Waals surface area contributed by atoms with Gasteiger partial charge in [0.2, 0.25) is 0 Å². The molecule has 64 valence electrons. The third-order valence-corrected chi connectivity index (χ3v) is 1.47. The fourth-order valence-corrected chi connectivity index (χ4v) is 0.838. The quantitative estimate of drug-likeness (QED) is 0.519. The van der Waals surface area contributed by atoms with Gasteiger partial charge in [-0.05, 0) is 11.5 Å². The van der Waals surface area contributed by atoms with Crippen molar-refractivity contribution in [3.8, 4) is 5.40 Å². The van der Waals surface area contributed by atoms with Gasteiger partial charge in [-0.25, -0.2) is 0 Å². The molecule has 0 spiro atoms. The number of nitriles is 1. The van der Waals surface area contributed by atoms with E-state index in [9.17, 15) is 0 Å². The second-order valence-corrected chi connectivity index (χ2v) is 2.87. The number of nitrogens with zero attached hydrogens (tertiary/aromatic N) is 1. The number of hydrogen-bond donors (Lipinski definition) is 1. The maximum atomic E-state index is 7.18. The Morgan fingerprint density at radius 1 is 1.25 bits per heavy atom. The first-order valence-electron chi connectivity index (χ1n) is 3.80. The minimum Gasteiger partial charge on any atom is -0.185 e. The van der Waals surface area contributed by atoms with Gasteiger partial charge >= 0.3 is 0 Å². The Bertz CT molecular complexity index is 236. The summed E-state index contributed by atoms with van der Waals surface area (Å²) in [5.41, 5.74) is 1.41. The fraction of sp³-hybridized carbons (Fsp3) is 0.300. The van der Waals surface area contributed by atoms with Gasteiger partial charge in [-0.2, -0.15) is 5.26 Å². The van der Waals surface area contributed by atoms with Gasteiger partial charge in [-0.15, -0.1) is 0 Å². The van der Waals surface area contributed by atoms with Crippen LogP contribution in [-0.2, 0) is 0 Å².